The van der Waals surface area contributed by atoms with Gasteiger partial charge in [-0.1, -0.05) is 38.2 Å². The van der Waals surface area contributed by atoms with Crippen LogP contribution in [-0.4, -0.2) is 34.7 Å². The Morgan fingerprint density at radius 2 is 2.05 bits per heavy atom. The molecule has 4 nitrogen and oxygen atoms in total. The van der Waals surface area contributed by atoms with Gasteiger partial charge in [0, 0.05) is 16.8 Å². The van der Waals surface area contributed by atoms with E-state index in [1.54, 1.807) is 11.3 Å². The lowest BCUT2D eigenvalue weighted by Gasteiger charge is -2.26. The van der Waals surface area contributed by atoms with Crippen LogP contribution in [0.15, 0.2) is 17.5 Å². The molecule has 1 aliphatic heterocycles. The van der Waals surface area contributed by atoms with Crippen LogP contribution in [0.4, 0.5) is 5.13 Å². The van der Waals surface area contributed by atoms with Gasteiger partial charge in [0.05, 0.1) is 6.04 Å². The van der Waals surface area contributed by atoms with Crippen molar-refractivity contribution in [1.82, 2.24) is 15.1 Å². The highest BCUT2D eigenvalue weighted by atomic mass is 32.1. The van der Waals surface area contributed by atoms with Crippen LogP contribution in [0.5, 0.6) is 0 Å². The van der Waals surface area contributed by atoms with Crippen LogP contribution < -0.4 is 5.32 Å². The van der Waals surface area contributed by atoms with Crippen molar-refractivity contribution in [2.24, 2.45) is 0 Å². The van der Waals surface area contributed by atoms with Gasteiger partial charge in [-0.2, -0.15) is 0 Å². The fraction of sp³-hybridized carbons (Fsp3) is 0.625. The fourth-order valence-electron chi connectivity index (χ4n) is 2.73. The second-order valence-corrected chi connectivity index (χ2v) is 8.77. The predicted octanol–water partition coefficient (Wildman–Crippen LogP) is 4.15. The summed E-state index contributed by atoms with van der Waals surface area (Å²) in [5.41, 5.74) is 0.0691. The standard InChI is InChI=1S/C16H24N4S2/c1-16(2,3)14-18-19-15(22-14)17-11-12(13-7-6-10-21-13)20-8-4-5-9-20/h6-7,10,12H,4-5,8-9,11H2,1-3H3,(H,17,19). The zero-order valence-corrected chi connectivity index (χ0v) is 15.1. The summed E-state index contributed by atoms with van der Waals surface area (Å²) in [6, 6.07) is 4.84. The smallest absolute Gasteiger partial charge is 0.205 e. The van der Waals surface area contributed by atoms with Gasteiger partial charge in [-0.3, -0.25) is 4.90 Å². The van der Waals surface area contributed by atoms with Crippen molar-refractivity contribution in [2.75, 3.05) is 25.0 Å². The Bertz CT molecular complexity index is 580. The molecule has 0 bridgehead atoms. The molecule has 1 N–H and O–H groups in total. The highest BCUT2D eigenvalue weighted by Crippen LogP contribution is 2.31. The molecule has 1 fully saturated rings. The van der Waals surface area contributed by atoms with Crippen molar-refractivity contribution < 1.29 is 0 Å². The quantitative estimate of drug-likeness (QED) is 0.891. The maximum absolute atomic E-state index is 4.32. The van der Waals surface area contributed by atoms with Gasteiger partial charge in [-0.15, -0.1) is 21.5 Å². The van der Waals surface area contributed by atoms with Gasteiger partial charge in [0.25, 0.3) is 0 Å². The lowest BCUT2D eigenvalue weighted by atomic mass is 9.98. The van der Waals surface area contributed by atoms with Crippen LogP contribution in [0.2, 0.25) is 0 Å². The molecular formula is C16H24N4S2. The molecular weight excluding hydrogens is 312 g/mol. The maximum Gasteiger partial charge on any atom is 0.205 e. The van der Waals surface area contributed by atoms with E-state index in [2.05, 4.69) is 58.7 Å². The molecule has 0 amide bonds. The molecule has 120 valence electrons. The molecule has 0 radical (unpaired) electrons. The van der Waals surface area contributed by atoms with E-state index in [4.69, 9.17) is 0 Å². The summed E-state index contributed by atoms with van der Waals surface area (Å²) in [7, 11) is 0. The minimum atomic E-state index is 0.0691. The molecule has 2 aromatic heterocycles. The van der Waals surface area contributed by atoms with Crippen LogP contribution in [0.1, 0.15) is 49.5 Å². The summed E-state index contributed by atoms with van der Waals surface area (Å²) >= 11 is 3.52. The average Bonchev–Trinajstić information content (AvgIpc) is 3.22. The Balaban J connectivity index is 1.67. The number of anilines is 1. The summed E-state index contributed by atoms with van der Waals surface area (Å²) in [6.45, 7) is 9.84. The lowest BCUT2D eigenvalue weighted by Crippen LogP contribution is -2.30. The largest absolute Gasteiger partial charge is 0.358 e. The molecule has 22 heavy (non-hydrogen) atoms. The number of hydrogen-bond donors (Lipinski definition) is 1. The van der Waals surface area contributed by atoms with Crippen LogP contribution in [-0.2, 0) is 5.41 Å². The highest BCUT2D eigenvalue weighted by molar-refractivity contribution is 7.15. The van der Waals surface area contributed by atoms with Crippen LogP contribution in [0.3, 0.4) is 0 Å². The molecule has 3 rings (SSSR count). The highest BCUT2D eigenvalue weighted by Gasteiger charge is 2.25. The second-order valence-electron chi connectivity index (χ2n) is 6.82. The first-order valence-corrected chi connectivity index (χ1v) is 9.59. The first kappa shape index (κ1) is 15.9. The van der Waals surface area contributed by atoms with Crippen LogP contribution >= 0.6 is 22.7 Å². The van der Waals surface area contributed by atoms with Crippen molar-refractivity contribution in [1.29, 1.82) is 0 Å². The summed E-state index contributed by atoms with van der Waals surface area (Å²) in [5.74, 6) is 0. The van der Waals surface area contributed by atoms with Crippen molar-refractivity contribution in [3.63, 3.8) is 0 Å². The topological polar surface area (TPSA) is 41.1 Å². The molecule has 6 heteroatoms. The number of likely N-dealkylation sites (tertiary alicyclic amines) is 1. The molecule has 1 saturated heterocycles. The van der Waals surface area contributed by atoms with Gasteiger partial charge in [0.1, 0.15) is 5.01 Å². The van der Waals surface area contributed by atoms with E-state index < -0.39 is 0 Å². The third-order valence-corrected chi connectivity index (χ3v) is 6.25. The summed E-state index contributed by atoms with van der Waals surface area (Å²) < 4.78 is 0. The van der Waals surface area contributed by atoms with Crippen molar-refractivity contribution >= 4 is 27.8 Å². The summed E-state index contributed by atoms with van der Waals surface area (Å²) in [6.07, 6.45) is 2.63. The Morgan fingerprint density at radius 1 is 1.27 bits per heavy atom. The maximum atomic E-state index is 4.32. The third-order valence-electron chi connectivity index (χ3n) is 3.97. The Morgan fingerprint density at radius 3 is 2.64 bits per heavy atom. The number of nitrogens with one attached hydrogen (secondary N) is 1. The zero-order chi connectivity index (χ0) is 15.6. The number of hydrogen-bond acceptors (Lipinski definition) is 6. The van der Waals surface area contributed by atoms with Crippen LogP contribution in [0, 0.1) is 0 Å². The molecule has 0 aliphatic carbocycles. The third kappa shape index (κ3) is 3.67. The molecule has 0 saturated carbocycles. The Kier molecular flexibility index (Phi) is 4.80. The Hall–Kier alpha value is -0.980. The fourth-order valence-corrected chi connectivity index (χ4v) is 4.39. The number of thiophene rings is 1. The van der Waals surface area contributed by atoms with E-state index in [9.17, 15) is 0 Å². The van der Waals surface area contributed by atoms with Crippen molar-refractivity contribution in [3.05, 3.63) is 27.4 Å². The lowest BCUT2D eigenvalue weighted by molar-refractivity contribution is 0.259. The predicted molar refractivity (Wildman–Crippen MR) is 95.0 cm³/mol. The van der Waals surface area contributed by atoms with E-state index in [0.29, 0.717) is 6.04 Å². The SMILES string of the molecule is CC(C)(C)c1nnc(NCC(c2cccs2)N2CCCC2)s1. The van der Waals surface area contributed by atoms with Crippen molar-refractivity contribution in [2.45, 2.75) is 45.1 Å². The first-order chi connectivity index (χ1) is 10.5. The van der Waals surface area contributed by atoms with Gasteiger partial charge in [0.15, 0.2) is 0 Å². The minimum Gasteiger partial charge on any atom is -0.358 e. The van der Waals surface area contributed by atoms with Crippen molar-refractivity contribution in [3.8, 4) is 0 Å². The number of aromatic nitrogens is 2. The van der Waals surface area contributed by atoms with Gasteiger partial charge in [0.2, 0.25) is 5.13 Å². The monoisotopic (exact) mass is 336 g/mol. The van der Waals surface area contributed by atoms with E-state index in [1.807, 2.05) is 11.3 Å². The molecule has 0 spiro atoms. The van der Waals surface area contributed by atoms with Gasteiger partial charge < -0.3 is 5.32 Å². The Labute approximate surface area is 140 Å². The van der Waals surface area contributed by atoms with Gasteiger partial charge in [-0.05, 0) is 37.4 Å². The zero-order valence-electron chi connectivity index (χ0n) is 13.5. The molecule has 0 aromatic carbocycles. The van der Waals surface area contributed by atoms with Gasteiger partial charge in [-0.25, -0.2) is 0 Å². The number of nitrogens with zero attached hydrogens (tertiary/aromatic N) is 3. The number of rotatable bonds is 5. The average molecular weight is 337 g/mol. The van der Waals surface area contributed by atoms with Gasteiger partial charge >= 0.3 is 0 Å². The molecule has 3 heterocycles. The molecule has 1 aliphatic rings. The first-order valence-electron chi connectivity index (χ1n) is 7.89. The summed E-state index contributed by atoms with van der Waals surface area (Å²) in [5, 5.41) is 16.3. The van der Waals surface area contributed by atoms with E-state index in [0.717, 1.165) is 16.7 Å². The van der Waals surface area contributed by atoms with E-state index in [1.165, 1.54) is 30.8 Å². The second kappa shape index (κ2) is 6.64. The minimum absolute atomic E-state index is 0.0691. The van der Waals surface area contributed by atoms with Crippen LogP contribution in [0.25, 0.3) is 0 Å². The molecule has 1 unspecified atom stereocenters. The van der Waals surface area contributed by atoms with E-state index >= 15 is 0 Å². The summed E-state index contributed by atoms with van der Waals surface area (Å²) in [4.78, 5) is 4.03. The normalized spacial score (nSPS) is 17.8. The molecule has 1 atom stereocenters. The molecule has 2 aromatic rings. The van der Waals surface area contributed by atoms with E-state index in [-0.39, 0.29) is 5.41 Å².